The fourth-order valence-corrected chi connectivity index (χ4v) is 2.98. The molecule has 0 atom stereocenters. The summed E-state index contributed by atoms with van der Waals surface area (Å²) in [6.07, 6.45) is 4.28. The van der Waals surface area contributed by atoms with Gasteiger partial charge in [0.2, 0.25) is 0 Å². The lowest BCUT2D eigenvalue weighted by atomic mass is 10.1. The van der Waals surface area contributed by atoms with Crippen molar-refractivity contribution in [2.45, 2.75) is 20.3 Å². The van der Waals surface area contributed by atoms with E-state index in [0.29, 0.717) is 5.56 Å². The molecule has 0 amide bonds. The van der Waals surface area contributed by atoms with Gasteiger partial charge in [0.1, 0.15) is 18.0 Å². The van der Waals surface area contributed by atoms with E-state index in [1.54, 1.807) is 18.6 Å². The van der Waals surface area contributed by atoms with Crippen molar-refractivity contribution in [2.75, 3.05) is 36.0 Å². The van der Waals surface area contributed by atoms with Crippen molar-refractivity contribution in [3.63, 3.8) is 0 Å². The van der Waals surface area contributed by atoms with E-state index < -0.39 is 0 Å². The second kappa shape index (κ2) is 6.61. The van der Waals surface area contributed by atoms with E-state index in [2.05, 4.69) is 37.7 Å². The van der Waals surface area contributed by atoms with E-state index in [1.807, 2.05) is 13.0 Å². The number of nitrogens with zero attached hydrogens (tertiary/aromatic N) is 6. The fraction of sp³-hybridized carbons (Fsp3) is 0.412. The van der Waals surface area contributed by atoms with Crippen LogP contribution < -0.4 is 9.80 Å². The second-order valence-electron chi connectivity index (χ2n) is 5.60. The Labute approximate surface area is 136 Å². The molecule has 1 fully saturated rings. The van der Waals surface area contributed by atoms with Gasteiger partial charge in [0.25, 0.3) is 0 Å². The summed E-state index contributed by atoms with van der Waals surface area (Å²) in [5.41, 5.74) is 2.94. The predicted molar refractivity (Wildman–Crippen MR) is 89.5 cm³/mol. The summed E-state index contributed by atoms with van der Waals surface area (Å²) in [5.74, 6) is 1.93. The molecule has 0 saturated carbocycles. The first-order valence-corrected chi connectivity index (χ1v) is 7.89. The third-order valence-electron chi connectivity index (χ3n) is 4.27. The number of aryl methyl sites for hydroxylation is 1. The molecule has 1 aliphatic heterocycles. The largest absolute Gasteiger partial charge is 0.353 e. The first kappa shape index (κ1) is 15.2. The average molecular weight is 308 g/mol. The third kappa shape index (κ3) is 3.09. The van der Waals surface area contributed by atoms with Gasteiger partial charge in [0.15, 0.2) is 0 Å². The van der Waals surface area contributed by atoms with E-state index in [9.17, 15) is 0 Å². The molecule has 0 bridgehead atoms. The minimum absolute atomic E-state index is 0.650. The van der Waals surface area contributed by atoms with Crippen LogP contribution in [0.2, 0.25) is 0 Å². The summed E-state index contributed by atoms with van der Waals surface area (Å²) >= 11 is 0. The lowest BCUT2D eigenvalue weighted by Crippen LogP contribution is -2.47. The van der Waals surface area contributed by atoms with E-state index in [1.165, 1.54) is 5.56 Å². The Morgan fingerprint density at radius 1 is 1.13 bits per heavy atom. The molecule has 2 aromatic rings. The van der Waals surface area contributed by atoms with Crippen molar-refractivity contribution in [1.82, 2.24) is 15.0 Å². The average Bonchev–Trinajstić information content (AvgIpc) is 2.61. The summed E-state index contributed by atoms with van der Waals surface area (Å²) in [6.45, 7) is 7.70. The smallest absolute Gasteiger partial charge is 0.135 e. The Bertz CT molecular complexity index is 728. The Balaban J connectivity index is 1.74. The molecule has 2 aromatic heterocycles. The molecule has 3 heterocycles. The maximum Gasteiger partial charge on any atom is 0.135 e. The van der Waals surface area contributed by atoms with E-state index >= 15 is 0 Å². The van der Waals surface area contributed by atoms with Crippen LogP contribution >= 0.6 is 0 Å². The van der Waals surface area contributed by atoms with Gasteiger partial charge in [-0.3, -0.25) is 0 Å². The summed E-state index contributed by atoms with van der Waals surface area (Å²) in [5, 5.41) is 9.02. The molecular weight excluding hydrogens is 288 g/mol. The van der Waals surface area contributed by atoms with Crippen molar-refractivity contribution >= 4 is 11.6 Å². The molecule has 0 aliphatic carbocycles. The van der Waals surface area contributed by atoms with Crippen molar-refractivity contribution < 1.29 is 0 Å². The molecule has 23 heavy (non-hydrogen) atoms. The number of pyridine rings is 1. The highest BCUT2D eigenvalue weighted by Crippen LogP contribution is 2.23. The fourth-order valence-electron chi connectivity index (χ4n) is 2.98. The zero-order chi connectivity index (χ0) is 16.2. The molecule has 3 rings (SSSR count). The van der Waals surface area contributed by atoms with Gasteiger partial charge in [0, 0.05) is 43.6 Å². The summed E-state index contributed by atoms with van der Waals surface area (Å²) < 4.78 is 0. The standard InChI is InChI=1S/C17H20N6/c1-3-15-13(2)20-12-21-17(15)23-8-6-22(7-9-23)16-10-14(11-18)4-5-19-16/h4-5,10,12H,3,6-9H2,1-2H3. The molecule has 1 aliphatic rings. The first-order valence-electron chi connectivity index (χ1n) is 7.89. The van der Waals surface area contributed by atoms with Crippen LogP contribution in [0.25, 0.3) is 0 Å². The molecule has 6 nitrogen and oxygen atoms in total. The molecular formula is C17H20N6. The molecule has 0 spiro atoms. The lowest BCUT2D eigenvalue weighted by molar-refractivity contribution is 0.637. The van der Waals surface area contributed by atoms with E-state index in [4.69, 9.17) is 5.26 Å². The Morgan fingerprint density at radius 3 is 2.57 bits per heavy atom. The van der Waals surface area contributed by atoms with Crippen LogP contribution in [0.1, 0.15) is 23.7 Å². The van der Waals surface area contributed by atoms with Crippen molar-refractivity contribution in [3.05, 3.63) is 41.5 Å². The molecule has 0 radical (unpaired) electrons. The minimum atomic E-state index is 0.650. The highest BCUT2D eigenvalue weighted by atomic mass is 15.3. The summed E-state index contributed by atoms with van der Waals surface area (Å²) in [4.78, 5) is 17.7. The van der Waals surface area contributed by atoms with Crippen LogP contribution in [0.5, 0.6) is 0 Å². The Hall–Kier alpha value is -2.68. The molecule has 6 heteroatoms. The summed E-state index contributed by atoms with van der Waals surface area (Å²) in [7, 11) is 0. The summed E-state index contributed by atoms with van der Waals surface area (Å²) in [6, 6.07) is 5.75. The number of anilines is 2. The number of piperazine rings is 1. The molecule has 0 unspecified atom stereocenters. The third-order valence-corrected chi connectivity index (χ3v) is 4.27. The lowest BCUT2D eigenvalue weighted by Gasteiger charge is -2.36. The zero-order valence-electron chi connectivity index (χ0n) is 13.5. The minimum Gasteiger partial charge on any atom is -0.353 e. The van der Waals surface area contributed by atoms with Gasteiger partial charge in [-0.2, -0.15) is 5.26 Å². The quantitative estimate of drug-likeness (QED) is 0.863. The van der Waals surface area contributed by atoms with Gasteiger partial charge >= 0.3 is 0 Å². The van der Waals surface area contributed by atoms with Gasteiger partial charge in [0.05, 0.1) is 11.6 Å². The number of hydrogen-bond donors (Lipinski definition) is 0. The van der Waals surface area contributed by atoms with Gasteiger partial charge in [-0.1, -0.05) is 6.92 Å². The SMILES string of the molecule is CCc1c(C)ncnc1N1CCN(c2cc(C#N)ccn2)CC1. The van der Waals surface area contributed by atoms with Crippen LogP contribution in [0.15, 0.2) is 24.7 Å². The van der Waals surface area contributed by atoms with Gasteiger partial charge < -0.3 is 9.80 Å². The van der Waals surface area contributed by atoms with Crippen LogP contribution in [0.3, 0.4) is 0 Å². The molecule has 0 N–H and O–H groups in total. The van der Waals surface area contributed by atoms with Crippen LogP contribution in [0, 0.1) is 18.3 Å². The van der Waals surface area contributed by atoms with Crippen molar-refractivity contribution in [2.24, 2.45) is 0 Å². The molecule has 1 saturated heterocycles. The van der Waals surface area contributed by atoms with E-state index in [-0.39, 0.29) is 0 Å². The number of nitriles is 1. The van der Waals surface area contributed by atoms with Gasteiger partial charge in [-0.05, 0) is 25.5 Å². The monoisotopic (exact) mass is 308 g/mol. The Morgan fingerprint density at radius 2 is 1.87 bits per heavy atom. The maximum atomic E-state index is 9.02. The van der Waals surface area contributed by atoms with Crippen molar-refractivity contribution in [1.29, 1.82) is 5.26 Å². The van der Waals surface area contributed by atoms with Gasteiger partial charge in [-0.25, -0.2) is 15.0 Å². The van der Waals surface area contributed by atoms with Crippen LogP contribution in [-0.4, -0.2) is 41.1 Å². The zero-order valence-corrected chi connectivity index (χ0v) is 13.5. The van der Waals surface area contributed by atoms with Crippen LogP contribution in [0.4, 0.5) is 11.6 Å². The van der Waals surface area contributed by atoms with E-state index in [0.717, 1.165) is 49.9 Å². The second-order valence-corrected chi connectivity index (χ2v) is 5.60. The number of aromatic nitrogens is 3. The maximum absolute atomic E-state index is 9.02. The molecule has 118 valence electrons. The van der Waals surface area contributed by atoms with Crippen molar-refractivity contribution in [3.8, 4) is 6.07 Å². The molecule has 0 aromatic carbocycles. The van der Waals surface area contributed by atoms with Gasteiger partial charge in [-0.15, -0.1) is 0 Å². The number of hydrogen-bond acceptors (Lipinski definition) is 6. The highest BCUT2D eigenvalue weighted by Gasteiger charge is 2.21. The highest BCUT2D eigenvalue weighted by molar-refractivity contribution is 5.51. The predicted octanol–water partition coefficient (Wildman–Crippen LogP) is 1.94. The Kier molecular flexibility index (Phi) is 4.38. The normalized spacial score (nSPS) is 14.7. The first-order chi connectivity index (χ1) is 11.2. The topological polar surface area (TPSA) is 68.9 Å². The van der Waals surface area contributed by atoms with Crippen LogP contribution in [-0.2, 0) is 6.42 Å². The number of rotatable bonds is 3.